The second kappa shape index (κ2) is 5.84. The summed E-state index contributed by atoms with van der Waals surface area (Å²) in [5.74, 6) is -0.145. The van der Waals surface area contributed by atoms with Crippen LogP contribution in [0.3, 0.4) is 0 Å². The molecule has 0 N–H and O–H groups in total. The highest BCUT2D eigenvalue weighted by Crippen LogP contribution is 2.16. The van der Waals surface area contributed by atoms with Gasteiger partial charge in [0.1, 0.15) is 0 Å². The van der Waals surface area contributed by atoms with Crippen LogP contribution in [0.4, 0.5) is 0 Å². The van der Waals surface area contributed by atoms with Crippen molar-refractivity contribution in [1.82, 2.24) is 4.90 Å². The summed E-state index contributed by atoms with van der Waals surface area (Å²) in [6.45, 7) is 1.49. The molecule has 0 radical (unpaired) electrons. The van der Waals surface area contributed by atoms with Crippen molar-refractivity contribution >= 4 is 17.3 Å². The molecular formula is C13H15NO3S. The maximum atomic E-state index is 11.5. The molecule has 2 aromatic heterocycles. The van der Waals surface area contributed by atoms with E-state index in [0.717, 1.165) is 12.1 Å². The van der Waals surface area contributed by atoms with Crippen molar-refractivity contribution in [1.29, 1.82) is 0 Å². The van der Waals surface area contributed by atoms with E-state index >= 15 is 0 Å². The van der Waals surface area contributed by atoms with Crippen molar-refractivity contribution in [3.05, 3.63) is 46.0 Å². The SMILES string of the molecule is COC(=O)c1occc1CN(C)Cc1ccsc1. The molecule has 2 aromatic rings. The molecule has 0 atom stereocenters. The van der Waals surface area contributed by atoms with E-state index in [9.17, 15) is 4.79 Å². The molecule has 0 aliphatic carbocycles. The van der Waals surface area contributed by atoms with E-state index in [1.165, 1.54) is 18.9 Å². The Bertz CT molecular complexity index is 504. The highest BCUT2D eigenvalue weighted by atomic mass is 32.1. The van der Waals surface area contributed by atoms with E-state index in [4.69, 9.17) is 4.42 Å². The van der Waals surface area contributed by atoms with Crippen molar-refractivity contribution in [3.8, 4) is 0 Å². The van der Waals surface area contributed by atoms with Crippen molar-refractivity contribution in [2.45, 2.75) is 13.1 Å². The van der Waals surface area contributed by atoms with Gasteiger partial charge in [0.2, 0.25) is 5.76 Å². The van der Waals surface area contributed by atoms with E-state index in [0.29, 0.717) is 6.54 Å². The fourth-order valence-corrected chi connectivity index (χ4v) is 2.43. The van der Waals surface area contributed by atoms with Gasteiger partial charge in [0.15, 0.2) is 0 Å². The Kier molecular flexibility index (Phi) is 4.17. The van der Waals surface area contributed by atoms with Crippen molar-refractivity contribution in [2.75, 3.05) is 14.2 Å². The summed E-state index contributed by atoms with van der Waals surface area (Å²) in [4.78, 5) is 13.6. The Balaban J connectivity index is 2.01. The van der Waals surface area contributed by atoms with Gasteiger partial charge in [-0.15, -0.1) is 0 Å². The molecule has 0 amide bonds. The third kappa shape index (κ3) is 3.00. The molecule has 0 unspecified atom stereocenters. The molecule has 0 spiro atoms. The second-order valence-corrected chi connectivity index (χ2v) is 4.85. The number of carbonyl (C=O) groups excluding carboxylic acids is 1. The van der Waals surface area contributed by atoms with Gasteiger partial charge in [-0.25, -0.2) is 4.79 Å². The number of methoxy groups -OCH3 is 1. The number of ether oxygens (including phenoxy) is 1. The number of furan rings is 1. The fourth-order valence-electron chi connectivity index (χ4n) is 1.77. The van der Waals surface area contributed by atoms with Gasteiger partial charge in [-0.3, -0.25) is 4.90 Å². The molecule has 96 valence electrons. The molecule has 18 heavy (non-hydrogen) atoms. The van der Waals surface area contributed by atoms with Crippen LogP contribution in [-0.4, -0.2) is 25.0 Å². The Hall–Kier alpha value is -1.59. The van der Waals surface area contributed by atoms with Crippen molar-refractivity contribution in [3.63, 3.8) is 0 Å². The lowest BCUT2D eigenvalue weighted by atomic mass is 10.2. The largest absolute Gasteiger partial charge is 0.463 e. The minimum atomic E-state index is -0.432. The van der Waals surface area contributed by atoms with E-state index in [-0.39, 0.29) is 5.76 Å². The first-order valence-electron chi connectivity index (χ1n) is 5.55. The Morgan fingerprint density at radius 1 is 1.44 bits per heavy atom. The summed E-state index contributed by atoms with van der Waals surface area (Å²) in [5.41, 5.74) is 2.12. The molecule has 2 rings (SSSR count). The Morgan fingerprint density at radius 3 is 2.94 bits per heavy atom. The summed E-state index contributed by atoms with van der Waals surface area (Å²) in [6, 6.07) is 3.90. The van der Waals surface area contributed by atoms with Crippen LogP contribution in [0.5, 0.6) is 0 Å². The number of hydrogen-bond donors (Lipinski definition) is 0. The molecule has 0 aromatic carbocycles. The quantitative estimate of drug-likeness (QED) is 0.780. The summed E-state index contributed by atoms with van der Waals surface area (Å²) >= 11 is 1.68. The Morgan fingerprint density at radius 2 is 2.28 bits per heavy atom. The minimum absolute atomic E-state index is 0.287. The first-order chi connectivity index (χ1) is 8.70. The summed E-state index contributed by atoms with van der Waals surface area (Å²) < 4.78 is 9.83. The lowest BCUT2D eigenvalue weighted by molar-refractivity contribution is 0.0562. The van der Waals surface area contributed by atoms with Gasteiger partial charge >= 0.3 is 5.97 Å². The predicted octanol–water partition coefficient (Wildman–Crippen LogP) is 2.76. The molecule has 0 aliphatic heterocycles. The molecule has 0 aliphatic rings. The third-order valence-electron chi connectivity index (χ3n) is 2.59. The summed E-state index contributed by atoms with van der Waals surface area (Å²) in [7, 11) is 3.36. The smallest absolute Gasteiger partial charge is 0.374 e. The van der Waals surface area contributed by atoms with E-state index in [2.05, 4.69) is 26.5 Å². The second-order valence-electron chi connectivity index (χ2n) is 4.07. The zero-order valence-electron chi connectivity index (χ0n) is 10.4. The third-order valence-corrected chi connectivity index (χ3v) is 3.32. The highest BCUT2D eigenvalue weighted by Gasteiger charge is 2.16. The highest BCUT2D eigenvalue weighted by molar-refractivity contribution is 7.07. The zero-order valence-corrected chi connectivity index (χ0v) is 11.2. The van der Waals surface area contributed by atoms with Crippen molar-refractivity contribution < 1.29 is 13.9 Å². The zero-order chi connectivity index (χ0) is 13.0. The van der Waals surface area contributed by atoms with Gasteiger partial charge < -0.3 is 9.15 Å². The van der Waals surface area contributed by atoms with Gasteiger partial charge in [-0.2, -0.15) is 11.3 Å². The topological polar surface area (TPSA) is 42.7 Å². The standard InChI is InChI=1S/C13H15NO3S/c1-14(7-10-4-6-18-9-10)8-11-3-5-17-12(11)13(15)16-2/h3-6,9H,7-8H2,1-2H3. The number of rotatable bonds is 5. The number of thiophene rings is 1. The predicted molar refractivity (Wildman–Crippen MR) is 69.5 cm³/mol. The fraction of sp³-hybridized carbons (Fsp3) is 0.308. The summed E-state index contributed by atoms with van der Waals surface area (Å²) in [5, 5.41) is 4.17. The summed E-state index contributed by atoms with van der Waals surface area (Å²) in [6.07, 6.45) is 1.51. The minimum Gasteiger partial charge on any atom is -0.463 e. The van der Waals surface area contributed by atoms with Gasteiger partial charge in [-0.1, -0.05) is 0 Å². The lowest BCUT2D eigenvalue weighted by Crippen LogP contribution is -2.18. The number of hydrogen-bond acceptors (Lipinski definition) is 5. The lowest BCUT2D eigenvalue weighted by Gasteiger charge is -2.15. The first kappa shape index (κ1) is 12.9. The Labute approximate surface area is 110 Å². The van der Waals surface area contributed by atoms with Gasteiger partial charge in [0.05, 0.1) is 13.4 Å². The van der Waals surface area contributed by atoms with Crippen LogP contribution < -0.4 is 0 Å². The molecular weight excluding hydrogens is 250 g/mol. The molecule has 0 saturated carbocycles. The molecule has 0 saturated heterocycles. The van der Waals surface area contributed by atoms with E-state index in [1.807, 2.05) is 7.05 Å². The molecule has 0 fully saturated rings. The van der Waals surface area contributed by atoms with E-state index in [1.54, 1.807) is 17.4 Å². The van der Waals surface area contributed by atoms with Crippen LogP contribution in [0.25, 0.3) is 0 Å². The van der Waals surface area contributed by atoms with Gasteiger partial charge in [0, 0.05) is 18.7 Å². The maximum absolute atomic E-state index is 11.5. The van der Waals surface area contributed by atoms with Crippen LogP contribution in [-0.2, 0) is 17.8 Å². The van der Waals surface area contributed by atoms with Crippen LogP contribution in [0.15, 0.2) is 33.6 Å². The van der Waals surface area contributed by atoms with Crippen LogP contribution >= 0.6 is 11.3 Å². The van der Waals surface area contributed by atoms with Crippen LogP contribution in [0, 0.1) is 0 Å². The molecule has 0 bridgehead atoms. The molecule has 2 heterocycles. The maximum Gasteiger partial charge on any atom is 0.374 e. The first-order valence-corrected chi connectivity index (χ1v) is 6.49. The van der Waals surface area contributed by atoms with Crippen molar-refractivity contribution in [2.24, 2.45) is 0 Å². The van der Waals surface area contributed by atoms with Crippen LogP contribution in [0.1, 0.15) is 21.7 Å². The van der Waals surface area contributed by atoms with Gasteiger partial charge in [0.25, 0.3) is 0 Å². The number of carbonyl (C=O) groups is 1. The molecule has 5 heteroatoms. The monoisotopic (exact) mass is 265 g/mol. The number of nitrogens with zero attached hydrogens (tertiary/aromatic N) is 1. The number of esters is 1. The molecule has 4 nitrogen and oxygen atoms in total. The normalized spacial score (nSPS) is 10.8. The van der Waals surface area contributed by atoms with Gasteiger partial charge in [-0.05, 0) is 35.5 Å². The van der Waals surface area contributed by atoms with E-state index < -0.39 is 5.97 Å². The van der Waals surface area contributed by atoms with Crippen LogP contribution in [0.2, 0.25) is 0 Å². The average Bonchev–Trinajstić information content (AvgIpc) is 2.99. The average molecular weight is 265 g/mol.